The molecule has 0 aliphatic carbocycles. The fourth-order valence-corrected chi connectivity index (χ4v) is 1.40. The van der Waals surface area contributed by atoms with E-state index in [0.717, 1.165) is 0 Å². The molecule has 0 aliphatic rings. The minimum Gasteiger partial charge on any atom is -0.384 e. The molecule has 0 aromatic carbocycles. The number of nitrogens with two attached hydrogens (primary N) is 1. The van der Waals surface area contributed by atoms with E-state index in [0.29, 0.717) is 23.2 Å². The summed E-state index contributed by atoms with van der Waals surface area (Å²) in [4.78, 5) is 16.3. The lowest BCUT2D eigenvalue weighted by Gasteiger charge is -1.94. The van der Waals surface area contributed by atoms with Gasteiger partial charge in [0.25, 0.3) is 5.89 Å². The Balaban J connectivity index is 2.00. The highest BCUT2D eigenvalue weighted by Gasteiger charge is 2.13. The average Bonchev–Trinajstić information content (AvgIpc) is 2.89. The number of aromatic nitrogens is 5. The van der Waals surface area contributed by atoms with Crippen molar-refractivity contribution in [1.29, 1.82) is 0 Å². The molecule has 0 fully saturated rings. The Morgan fingerprint density at radius 3 is 2.56 bits per heavy atom. The maximum Gasteiger partial charge on any atom is 0.277 e. The standard InChI is InChI=1S/C11H8N6O/c12-8-4-1-3-7(15-8)11-16-10(17-18-11)9-13-5-2-6-14-9/h1-6H,(H2,12,15). The van der Waals surface area contributed by atoms with Gasteiger partial charge in [0.1, 0.15) is 11.5 Å². The first kappa shape index (κ1) is 10.3. The summed E-state index contributed by atoms with van der Waals surface area (Å²) in [5.41, 5.74) is 6.11. The molecule has 0 saturated heterocycles. The number of hydrogen-bond acceptors (Lipinski definition) is 7. The van der Waals surface area contributed by atoms with E-state index in [-0.39, 0.29) is 5.89 Å². The van der Waals surface area contributed by atoms with Crippen molar-refractivity contribution in [2.75, 3.05) is 5.73 Å². The van der Waals surface area contributed by atoms with Crippen LogP contribution < -0.4 is 5.73 Å². The topological polar surface area (TPSA) is 104 Å². The van der Waals surface area contributed by atoms with Crippen molar-refractivity contribution in [3.63, 3.8) is 0 Å². The highest BCUT2D eigenvalue weighted by molar-refractivity contribution is 5.53. The molecule has 3 aromatic heterocycles. The Kier molecular flexibility index (Phi) is 2.41. The number of anilines is 1. The summed E-state index contributed by atoms with van der Waals surface area (Å²) < 4.78 is 5.10. The van der Waals surface area contributed by atoms with Gasteiger partial charge in [-0.2, -0.15) is 4.98 Å². The van der Waals surface area contributed by atoms with Crippen LogP contribution in [-0.4, -0.2) is 25.1 Å². The van der Waals surface area contributed by atoms with Crippen LogP contribution in [0.5, 0.6) is 0 Å². The van der Waals surface area contributed by atoms with E-state index in [1.54, 1.807) is 36.7 Å². The van der Waals surface area contributed by atoms with Crippen LogP contribution in [0.3, 0.4) is 0 Å². The molecule has 0 unspecified atom stereocenters. The summed E-state index contributed by atoms with van der Waals surface area (Å²) in [6.07, 6.45) is 3.22. The fourth-order valence-electron chi connectivity index (χ4n) is 1.40. The van der Waals surface area contributed by atoms with Crippen LogP contribution in [0.15, 0.2) is 41.2 Å². The molecule has 0 spiro atoms. The molecule has 3 heterocycles. The highest BCUT2D eigenvalue weighted by Crippen LogP contribution is 2.18. The van der Waals surface area contributed by atoms with Gasteiger partial charge in [0, 0.05) is 12.4 Å². The molecule has 0 bridgehead atoms. The van der Waals surface area contributed by atoms with Crippen LogP contribution in [0.2, 0.25) is 0 Å². The summed E-state index contributed by atoms with van der Waals surface area (Å²) >= 11 is 0. The predicted molar refractivity (Wildman–Crippen MR) is 63.0 cm³/mol. The van der Waals surface area contributed by atoms with Crippen molar-refractivity contribution in [1.82, 2.24) is 25.1 Å². The van der Waals surface area contributed by atoms with Crippen molar-refractivity contribution >= 4 is 5.82 Å². The Hall–Kier alpha value is -2.83. The van der Waals surface area contributed by atoms with Gasteiger partial charge in [0.05, 0.1) is 0 Å². The van der Waals surface area contributed by atoms with E-state index in [1.807, 2.05) is 0 Å². The molecule has 7 nitrogen and oxygen atoms in total. The minimum absolute atomic E-state index is 0.282. The van der Waals surface area contributed by atoms with E-state index >= 15 is 0 Å². The average molecular weight is 240 g/mol. The smallest absolute Gasteiger partial charge is 0.277 e. The number of nitrogens with zero attached hydrogens (tertiary/aromatic N) is 5. The summed E-state index contributed by atoms with van der Waals surface area (Å²) in [7, 11) is 0. The van der Waals surface area contributed by atoms with Gasteiger partial charge in [-0.05, 0) is 18.2 Å². The molecule has 0 atom stereocenters. The molecule has 2 N–H and O–H groups in total. The predicted octanol–water partition coefficient (Wildman–Crippen LogP) is 1.17. The van der Waals surface area contributed by atoms with Gasteiger partial charge >= 0.3 is 0 Å². The molecule has 18 heavy (non-hydrogen) atoms. The number of pyridine rings is 1. The molecule has 0 saturated carbocycles. The van der Waals surface area contributed by atoms with Gasteiger partial charge < -0.3 is 10.3 Å². The molecular weight excluding hydrogens is 232 g/mol. The lowest BCUT2D eigenvalue weighted by Crippen LogP contribution is -1.92. The molecule has 3 rings (SSSR count). The molecule has 88 valence electrons. The van der Waals surface area contributed by atoms with Crippen molar-refractivity contribution in [2.45, 2.75) is 0 Å². The van der Waals surface area contributed by atoms with Crippen LogP contribution in [0.4, 0.5) is 5.82 Å². The van der Waals surface area contributed by atoms with Gasteiger partial charge in [-0.1, -0.05) is 11.2 Å². The number of hydrogen-bond donors (Lipinski definition) is 1. The lowest BCUT2D eigenvalue weighted by atomic mass is 10.3. The third kappa shape index (κ3) is 1.88. The van der Waals surface area contributed by atoms with Gasteiger partial charge in [-0.15, -0.1) is 0 Å². The summed E-state index contributed by atoms with van der Waals surface area (Å²) in [6.45, 7) is 0. The van der Waals surface area contributed by atoms with E-state index < -0.39 is 0 Å². The fraction of sp³-hybridized carbons (Fsp3) is 0. The summed E-state index contributed by atoms with van der Waals surface area (Å²) in [5.74, 6) is 1.39. The van der Waals surface area contributed by atoms with Crippen molar-refractivity contribution in [3.8, 4) is 23.2 Å². The third-order valence-corrected chi connectivity index (χ3v) is 2.18. The maximum atomic E-state index is 5.59. The Morgan fingerprint density at radius 1 is 0.944 bits per heavy atom. The first-order chi connectivity index (χ1) is 8.83. The quantitative estimate of drug-likeness (QED) is 0.716. The monoisotopic (exact) mass is 240 g/mol. The Labute approximate surface area is 102 Å². The molecule has 0 radical (unpaired) electrons. The van der Waals surface area contributed by atoms with Gasteiger partial charge in [-0.25, -0.2) is 15.0 Å². The van der Waals surface area contributed by atoms with Crippen LogP contribution >= 0.6 is 0 Å². The van der Waals surface area contributed by atoms with Gasteiger partial charge in [-0.3, -0.25) is 0 Å². The molecule has 0 aliphatic heterocycles. The van der Waals surface area contributed by atoms with Crippen LogP contribution in [0.25, 0.3) is 23.2 Å². The van der Waals surface area contributed by atoms with E-state index in [4.69, 9.17) is 10.3 Å². The molecule has 7 heteroatoms. The normalized spacial score (nSPS) is 10.4. The van der Waals surface area contributed by atoms with Crippen molar-refractivity contribution < 1.29 is 4.52 Å². The van der Waals surface area contributed by atoms with Crippen molar-refractivity contribution in [3.05, 3.63) is 36.7 Å². The van der Waals surface area contributed by atoms with Gasteiger partial charge in [0.2, 0.25) is 11.6 Å². The lowest BCUT2D eigenvalue weighted by molar-refractivity contribution is 0.430. The largest absolute Gasteiger partial charge is 0.384 e. The van der Waals surface area contributed by atoms with E-state index in [9.17, 15) is 0 Å². The molecule has 0 amide bonds. The Morgan fingerprint density at radius 2 is 1.78 bits per heavy atom. The zero-order chi connectivity index (χ0) is 12.4. The van der Waals surface area contributed by atoms with Crippen LogP contribution in [0, 0.1) is 0 Å². The van der Waals surface area contributed by atoms with E-state index in [1.165, 1.54) is 0 Å². The first-order valence-corrected chi connectivity index (χ1v) is 5.17. The molecular formula is C11H8N6O. The van der Waals surface area contributed by atoms with Crippen LogP contribution in [0.1, 0.15) is 0 Å². The summed E-state index contributed by atoms with van der Waals surface area (Å²) in [5, 5.41) is 3.80. The Bertz CT molecular complexity index is 666. The van der Waals surface area contributed by atoms with E-state index in [2.05, 4.69) is 25.1 Å². The third-order valence-electron chi connectivity index (χ3n) is 2.18. The minimum atomic E-state index is 0.282. The highest BCUT2D eigenvalue weighted by atomic mass is 16.5. The van der Waals surface area contributed by atoms with Gasteiger partial charge in [0.15, 0.2) is 0 Å². The second kappa shape index (κ2) is 4.21. The number of nitrogen functional groups attached to an aromatic ring is 1. The zero-order valence-corrected chi connectivity index (χ0v) is 9.19. The second-order valence-electron chi connectivity index (χ2n) is 3.44. The van der Waals surface area contributed by atoms with Crippen molar-refractivity contribution in [2.24, 2.45) is 0 Å². The SMILES string of the molecule is Nc1cccc(-c2nc(-c3ncccn3)no2)n1. The maximum absolute atomic E-state index is 5.59. The first-order valence-electron chi connectivity index (χ1n) is 5.17. The number of rotatable bonds is 2. The molecule has 3 aromatic rings. The second-order valence-corrected chi connectivity index (χ2v) is 3.44. The zero-order valence-electron chi connectivity index (χ0n) is 9.19. The van der Waals surface area contributed by atoms with Crippen LogP contribution in [-0.2, 0) is 0 Å². The summed E-state index contributed by atoms with van der Waals surface area (Å²) in [6, 6.07) is 6.89.